The first-order valence-electron chi connectivity index (χ1n) is 7.56. The number of hydrogen-bond donors (Lipinski definition) is 2. The molecule has 0 bridgehead atoms. The summed E-state index contributed by atoms with van der Waals surface area (Å²) in [6, 6.07) is 8.26. The fourth-order valence-corrected chi connectivity index (χ4v) is 4.03. The van der Waals surface area contributed by atoms with Gasteiger partial charge in [-0.3, -0.25) is 5.48 Å². The second-order valence-corrected chi connectivity index (χ2v) is 7.03. The van der Waals surface area contributed by atoms with Gasteiger partial charge in [0.25, 0.3) is 6.16 Å². The fraction of sp³-hybridized carbons (Fsp3) is 0.375. The number of carboxylic acid groups (broad SMARTS) is 1. The zero-order valence-electron chi connectivity index (χ0n) is 13.5. The minimum absolute atomic E-state index is 0. The Hall–Kier alpha value is -0.354. The number of carbonyl (C=O) groups excluding carboxylic acids is 1. The third-order valence-corrected chi connectivity index (χ3v) is 5.32. The minimum atomic E-state index is -1.65. The van der Waals surface area contributed by atoms with Gasteiger partial charge in [0.2, 0.25) is 0 Å². The maximum Gasteiger partial charge on any atom is 1.00 e. The molecule has 0 radical (unpaired) electrons. The molecule has 1 aromatic heterocycles. The first kappa shape index (κ1) is 20.0. The molecule has 1 heterocycles. The number of fused-ring (bicyclic) bond motifs is 1. The van der Waals surface area contributed by atoms with Crippen molar-refractivity contribution in [2.75, 3.05) is 5.48 Å². The average Bonchev–Trinajstić information content (AvgIpc) is 2.54. The second-order valence-electron chi connectivity index (χ2n) is 5.65. The molecule has 0 amide bonds. The smallest absolute Gasteiger partial charge is 0.442 e. The number of nitrogens with one attached hydrogen (secondary N) is 1. The number of hydrogen-bond acceptors (Lipinski definition) is 7. The Bertz CT molecular complexity index is 708. The van der Waals surface area contributed by atoms with E-state index in [-0.39, 0.29) is 51.4 Å². The zero-order chi connectivity index (χ0) is 16.2. The molecular formula is C16H18KN3O3S. The fourth-order valence-electron chi connectivity index (χ4n) is 2.80. The standard InChI is InChI=1S/C16H19N3O3S.K/c17-11-1-3-12(4-2-11)23-13-5-6-14-10(9-13)7-8-18-15(14)19-22-16(20)21;/h5-9,11-12H,1-4,17H2,(H,18,19)(H,20,21);/q;+1/p-1. The molecule has 1 saturated carbocycles. The molecule has 1 aliphatic rings. The SMILES string of the molecule is NC1CCC(Sc2ccc3c(NOC(=O)[O-])nccc3c2)CC1.[K+]. The van der Waals surface area contributed by atoms with Gasteiger partial charge < -0.3 is 20.5 Å². The minimum Gasteiger partial charge on any atom is -0.442 e. The van der Waals surface area contributed by atoms with Crippen molar-refractivity contribution >= 4 is 34.5 Å². The van der Waals surface area contributed by atoms with Crippen molar-refractivity contribution < 1.29 is 66.1 Å². The second kappa shape index (κ2) is 9.37. The quantitative estimate of drug-likeness (QED) is 0.541. The van der Waals surface area contributed by atoms with Gasteiger partial charge in [0.15, 0.2) is 5.82 Å². The van der Waals surface area contributed by atoms with E-state index in [1.165, 1.54) is 4.90 Å². The van der Waals surface area contributed by atoms with Crippen LogP contribution in [-0.4, -0.2) is 22.4 Å². The number of nitrogens with zero attached hydrogens (tertiary/aromatic N) is 1. The van der Waals surface area contributed by atoms with E-state index in [2.05, 4.69) is 21.4 Å². The maximum atomic E-state index is 10.4. The summed E-state index contributed by atoms with van der Waals surface area (Å²) in [5, 5.41) is 12.7. The average molecular weight is 372 g/mol. The molecule has 3 rings (SSSR count). The Balaban J connectivity index is 0.00000208. The van der Waals surface area contributed by atoms with Gasteiger partial charge in [0.1, 0.15) is 0 Å². The van der Waals surface area contributed by atoms with Crippen molar-refractivity contribution in [2.45, 2.75) is 41.9 Å². The van der Waals surface area contributed by atoms with Gasteiger partial charge >= 0.3 is 51.4 Å². The Morgan fingerprint density at radius 1 is 1.29 bits per heavy atom. The Morgan fingerprint density at radius 3 is 2.75 bits per heavy atom. The van der Waals surface area contributed by atoms with E-state index in [1.807, 2.05) is 30.0 Å². The number of aromatic nitrogens is 1. The van der Waals surface area contributed by atoms with Crippen LogP contribution in [0.1, 0.15) is 25.7 Å². The number of pyridine rings is 1. The number of rotatable bonds is 4. The number of carbonyl (C=O) groups is 1. The van der Waals surface area contributed by atoms with E-state index in [0.29, 0.717) is 17.1 Å². The van der Waals surface area contributed by atoms with Gasteiger partial charge in [-0.1, -0.05) is 0 Å². The number of benzene rings is 1. The number of anilines is 1. The molecule has 0 atom stereocenters. The molecule has 8 heteroatoms. The van der Waals surface area contributed by atoms with Crippen LogP contribution in [0.4, 0.5) is 10.6 Å². The zero-order valence-corrected chi connectivity index (χ0v) is 17.5. The van der Waals surface area contributed by atoms with Gasteiger partial charge in [-0.05, 0) is 55.3 Å². The summed E-state index contributed by atoms with van der Waals surface area (Å²) in [5.41, 5.74) is 8.25. The third kappa shape index (κ3) is 5.32. The summed E-state index contributed by atoms with van der Waals surface area (Å²) >= 11 is 1.87. The first-order chi connectivity index (χ1) is 11.1. The van der Waals surface area contributed by atoms with Gasteiger partial charge in [-0.2, -0.15) is 0 Å². The summed E-state index contributed by atoms with van der Waals surface area (Å²) < 4.78 is 0. The predicted octanol–water partition coefficient (Wildman–Crippen LogP) is -0.712. The summed E-state index contributed by atoms with van der Waals surface area (Å²) in [6.45, 7) is 0. The van der Waals surface area contributed by atoms with E-state index in [4.69, 9.17) is 5.73 Å². The summed E-state index contributed by atoms with van der Waals surface area (Å²) in [7, 11) is 0. The monoisotopic (exact) mass is 371 g/mol. The third-order valence-electron chi connectivity index (χ3n) is 3.99. The molecular weight excluding hydrogens is 353 g/mol. The van der Waals surface area contributed by atoms with Crippen LogP contribution >= 0.6 is 11.8 Å². The molecule has 0 spiro atoms. The Labute approximate surface area is 187 Å². The molecule has 0 unspecified atom stereocenters. The van der Waals surface area contributed by atoms with Crippen molar-refractivity contribution in [1.82, 2.24) is 4.98 Å². The predicted molar refractivity (Wildman–Crippen MR) is 87.9 cm³/mol. The molecule has 6 nitrogen and oxygen atoms in total. The largest absolute Gasteiger partial charge is 1.00 e. The van der Waals surface area contributed by atoms with Crippen molar-refractivity contribution in [3.05, 3.63) is 30.5 Å². The van der Waals surface area contributed by atoms with Gasteiger partial charge in [0, 0.05) is 27.8 Å². The summed E-state index contributed by atoms with van der Waals surface area (Å²) in [6.07, 6.45) is 4.43. The van der Waals surface area contributed by atoms with E-state index in [0.717, 1.165) is 36.5 Å². The molecule has 122 valence electrons. The first-order valence-corrected chi connectivity index (χ1v) is 8.44. The van der Waals surface area contributed by atoms with Crippen molar-refractivity contribution in [2.24, 2.45) is 5.73 Å². The van der Waals surface area contributed by atoms with Gasteiger partial charge in [-0.15, -0.1) is 11.8 Å². The van der Waals surface area contributed by atoms with Crippen LogP contribution in [0.15, 0.2) is 35.4 Å². The molecule has 1 aliphatic carbocycles. The van der Waals surface area contributed by atoms with Crippen molar-refractivity contribution in [3.63, 3.8) is 0 Å². The molecule has 24 heavy (non-hydrogen) atoms. The molecule has 2 aromatic rings. The summed E-state index contributed by atoms with van der Waals surface area (Å²) in [5.74, 6) is 0.354. The van der Waals surface area contributed by atoms with Crippen LogP contribution < -0.4 is 67.7 Å². The van der Waals surface area contributed by atoms with Gasteiger partial charge in [0.05, 0.1) is 0 Å². The summed E-state index contributed by atoms with van der Waals surface area (Å²) in [4.78, 5) is 19.9. The molecule has 0 saturated heterocycles. The number of thioether (sulfide) groups is 1. The molecule has 1 fully saturated rings. The number of nitrogens with two attached hydrogens (primary N) is 1. The van der Waals surface area contributed by atoms with Crippen LogP contribution in [0.25, 0.3) is 10.8 Å². The van der Waals surface area contributed by atoms with Crippen LogP contribution in [0.5, 0.6) is 0 Å². The van der Waals surface area contributed by atoms with E-state index in [1.54, 1.807) is 6.20 Å². The molecule has 1 aromatic carbocycles. The van der Waals surface area contributed by atoms with Crippen LogP contribution in [0.3, 0.4) is 0 Å². The molecule has 0 aliphatic heterocycles. The van der Waals surface area contributed by atoms with E-state index in [9.17, 15) is 9.90 Å². The van der Waals surface area contributed by atoms with E-state index < -0.39 is 6.16 Å². The van der Waals surface area contributed by atoms with Crippen molar-refractivity contribution in [1.29, 1.82) is 0 Å². The van der Waals surface area contributed by atoms with Gasteiger partial charge in [-0.25, -0.2) is 4.98 Å². The van der Waals surface area contributed by atoms with Crippen LogP contribution in [0.2, 0.25) is 0 Å². The Kier molecular flexibility index (Phi) is 7.80. The van der Waals surface area contributed by atoms with Crippen molar-refractivity contribution in [3.8, 4) is 0 Å². The topological polar surface area (TPSA) is 100 Å². The molecule has 3 N–H and O–H groups in total. The Morgan fingerprint density at radius 2 is 2.04 bits per heavy atom. The normalized spacial score (nSPS) is 20.2. The van der Waals surface area contributed by atoms with Crippen LogP contribution in [0, 0.1) is 0 Å². The maximum absolute atomic E-state index is 10.4. The van der Waals surface area contributed by atoms with Crippen LogP contribution in [-0.2, 0) is 4.84 Å². The van der Waals surface area contributed by atoms with E-state index >= 15 is 0 Å².